The molecule has 0 saturated heterocycles. The van der Waals surface area contributed by atoms with Gasteiger partial charge in [0.1, 0.15) is 5.82 Å². The molecule has 0 aromatic heterocycles. The molecule has 0 aliphatic rings. The Kier molecular flexibility index (Phi) is 12.5. The van der Waals surface area contributed by atoms with Crippen LogP contribution >= 0.6 is 7.60 Å². The van der Waals surface area contributed by atoms with Crippen LogP contribution in [0.25, 0.3) is 0 Å². The lowest BCUT2D eigenvalue weighted by Crippen LogP contribution is -2.47. The van der Waals surface area contributed by atoms with Crippen LogP contribution in [0.5, 0.6) is 0 Å². The molecule has 0 fully saturated rings. The number of benzene rings is 1. The van der Waals surface area contributed by atoms with Gasteiger partial charge in [-0.3, -0.25) is 23.7 Å². The number of carbonyl (C=O) groups is 5. The van der Waals surface area contributed by atoms with E-state index in [0.29, 0.717) is 6.42 Å². The molecule has 37 heavy (non-hydrogen) atoms. The van der Waals surface area contributed by atoms with Crippen LogP contribution < -0.4 is 5.32 Å². The predicted octanol–water partition coefficient (Wildman–Crippen LogP) is 2.40. The minimum atomic E-state index is -4.69. The molecule has 0 bridgehead atoms. The lowest BCUT2D eigenvalue weighted by atomic mass is 9.85. The molecule has 1 amide bonds. The molecule has 4 unspecified atom stereocenters. The monoisotopic (exact) mass is 547 g/mol. The summed E-state index contributed by atoms with van der Waals surface area (Å²) < 4.78 is 30.3. The number of hydrogen-bond acceptors (Lipinski definition) is 7. The molecule has 1 aromatic rings. The maximum atomic E-state index is 13.1. The Labute approximate surface area is 212 Å². The SMILES string of the molecule is CCC(C)C(CC(=O)c1ccc(F)cc1)C(=O)N[C@@H](COP(=O)(O)CC(CCC(=O)O)C(=O)O)C(=O)O. The molecule has 0 spiro atoms. The first kappa shape index (κ1) is 31.9. The van der Waals surface area contributed by atoms with Crippen LogP contribution in [0.4, 0.5) is 4.39 Å². The Morgan fingerprint density at radius 3 is 2.14 bits per heavy atom. The molecular formula is C23H31FNO11P. The first-order valence-corrected chi connectivity index (χ1v) is 13.2. The van der Waals surface area contributed by atoms with E-state index in [-0.39, 0.29) is 17.9 Å². The van der Waals surface area contributed by atoms with E-state index >= 15 is 0 Å². The van der Waals surface area contributed by atoms with Gasteiger partial charge in [-0.15, -0.1) is 0 Å². The van der Waals surface area contributed by atoms with E-state index in [4.69, 9.17) is 14.7 Å². The molecule has 0 aliphatic heterocycles. The van der Waals surface area contributed by atoms with Gasteiger partial charge in [0, 0.05) is 24.3 Å². The third-order valence-electron chi connectivity index (χ3n) is 5.80. The zero-order valence-corrected chi connectivity index (χ0v) is 21.2. The molecule has 0 saturated carbocycles. The van der Waals surface area contributed by atoms with Gasteiger partial charge in [-0.2, -0.15) is 0 Å². The minimum Gasteiger partial charge on any atom is -0.481 e. The van der Waals surface area contributed by atoms with Crippen LogP contribution in [0.2, 0.25) is 0 Å². The number of rotatable bonds is 17. The Morgan fingerprint density at radius 2 is 1.65 bits per heavy atom. The summed E-state index contributed by atoms with van der Waals surface area (Å²) in [5, 5.41) is 29.5. The first-order chi connectivity index (χ1) is 17.2. The first-order valence-electron chi connectivity index (χ1n) is 11.4. The summed E-state index contributed by atoms with van der Waals surface area (Å²) in [7, 11) is -4.69. The van der Waals surface area contributed by atoms with Crippen molar-refractivity contribution in [2.45, 2.75) is 45.6 Å². The van der Waals surface area contributed by atoms with Crippen LogP contribution in [-0.2, 0) is 28.3 Å². The van der Waals surface area contributed by atoms with Gasteiger partial charge < -0.3 is 30.1 Å². The summed E-state index contributed by atoms with van der Waals surface area (Å²) in [6, 6.07) is 2.90. The number of carboxylic acids is 3. The smallest absolute Gasteiger partial charge is 0.329 e. The number of amides is 1. The average molecular weight is 547 g/mol. The number of ketones is 1. The molecular weight excluding hydrogens is 516 g/mol. The maximum absolute atomic E-state index is 13.1. The highest BCUT2D eigenvalue weighted by molar-refractivity contribution is 7.52. The summed E-state index contributed by atoms with van der Waals surface area (Å²) in [6.07, 6.45) is -1.82. The molecule has 0 aliphatic carbocycles. The molecule has 5 atom stereocenters. The molecule has 5 N–H and O–H groups in total. The van der Waals surface area contributed by atoms with Crippen LogP contribution in [0.3, 0.4) is 0 Å². The normalized spacial score (nSPS) is 16.0. The summed E-state index contributed by atoms with van der Waals surface area (Å²) in [4.78, 5) is 69.2. The number of Topliss-reactive ketones (excluding diaryl/α,β-unsaturated/α-hetero) is 1. The van der Waals surface area contributed by atoms with Crippen molar-refractivity contribution in [1.82, 2.24) is 5.32 Å². The molecule has 12 nitrogen and oxygen atoms in total. The number of halogens is 1. The van der Waals surface area contributed by atoms with Gasteiger partial charge in [-0.05, 0) is 36.6 Å². The van der Waals surface area contributed by atoms with E-state index in [1.165, 1.54) is 12.1 Å². The quantitative estimate of drug-likeness (QED) is 0.141. The van der Waals surface area contributed by atoms with Gasteiger partial charge in [0.15, 0.2) is 11.8 Å². The minimum absolute atomic E-state index is 0.165. The van der Waals surface area contributed by atoms with Gasteiger partial charge in [0.25, 0.3) is 0 Å². The Balaban J connectivity index is 2.91. The van der Waals surface area contributed by atoms with E-state index in [9.17, 15) is 42.9 Å². The van der Waals surface area contributed by atoms with E-state index in [1.807, 2.05) is 0 Å². The van der Waals surface area contributed by atoms with Crippen molar-refractivity contribution in [3.05, 3.63) is 35.6 Å². The Hall–Kier alpha value is -3.15. The van der Waals surface area contributed by atoms with Gasteiger partial charge in [0.05, 0.1) is 18.7 Å². The summed E-state index contributed by atoms with van der Waals surface area (Å²) in [5.41, 5.74) is 0.165. The highest BCUT2D eigenvalue weighted by atomic mass is 31.2. The fraction of sp³-hybridized carbons (Fsp3) is 0.522. The molecule has 1 aromatic carbocycles. The van der Waals surface area contributed by atoms with Gasteiger partial charge in [0.2, 0.25) is 5.91 Å². The van der Waals surface area contributed by atoms with Crippen LogP contribution in [0, 0.1) is 23.6 Å². The van der Waals surface area contributed by atoms with Crippen LogP contribution in [0.1, 0.15) is 49.9 Å². The lowest BCUT2D eigenvalue weighted by Gasteiger charge is -2.25. The van der Waals surface area contributed by atoms with Gasteiger partial charge in [-0.25, -0.2) is 9.18 Å². The largest absolute Gasteiger partial charge is 0.481 e. The lowest BCUT2D eigenvalue weighted by molar-refractivity contribution is -0.144. The van der Waals surface area contributed by atoms with Crippen LogP contribution in [0.15, 0.2) is 24.3 Å². The highest BCUT2D eigenvalue weighted by Crippen LogP contribution is 2.44. The summed E-state index contributed by atoms with van der Waals surface area (Å²) in [5.74, 6) is -9.14. The number of aliphatic carboxylic acids is 3. The maximum Gasteiger partial charge on any atom is 0.329 e. The molecule has 206 valence electrons. The summed E-state index contributed by atoms with van der Waals surface area (Å²) in [6.45, 7) is 2.45. The predicted molar refractivity (Wildman–Crippen MR) is 126 cm³/mol. The number of carbonyl (C=O) groups excluding carboxylic acids is 2. The second kappa shape index (κ2) is 14.6. The molecule has 1 rings (SSSR count). The molecule has 0 radical (unpaired) electrons. The second-order valence-electron chi connectivity index (χ2n) is 8.61. The van der Waals surface area contributed by atoms with Crippen molar-refractivity contribution in [2.24, 2.45) is 17.8 Å². The van der Waals surface area contributed by atoms with E-state index < -0.39 is 86.5 Å². The Bertz CT molecular complexity index is 1030. The highest BCUT2D eigenvalue weighted by Gasteiger charge is 2.34. The standard InChI is InChI=1S/C23H31FNO11P/c1-3-13(2)17(10-19(26)14-4-7-16(24)8-5-14)21(29)25-18(23(32)33)11-36-37(34,35)12-15(22(30)31)6-9-20(27)28/h4-5,7-8,13,15,17-18H,3,6,9-12H2,1-2H3,(H,25,29)(H,27,28)(H,30,31)(H,32,33)(H,34,35)/t13?,15?,17?,18-/m0/s1. The van der Waals surface area contributed by atoms with Crippen molar-refractivity contribution >= 4 is 37.2 Å². The fourth-order valence-corrected chi connectivity index (χ4v) is 4.74. The summed E-state index contributed by atoms with van der Waals surface area (Å²) >= 11 is 0. The van der Waals surface area contributed by atoms with Crippen molar-refractivity contribution < 1.29 is 57.7 Å². The Morgan fingerprint density at radius 1 is 1.05 bits per heavy atom. The zero-order chi connectivity index (χ0) is 28.3. The number of carboxylic acid groups (broad SMARTS) is 3. The third-order valence-corrected chi connectivity index (χ3v) is 7.26. The topological polar surface area (TPSA) is 205 Å². The average Bonchev–Trinajstić information content (AvgIpc) is 2.81. The zero-order valence-electron chi connectivity index (χ0n) is 20.3. The van der Waals surface area contributed by atoms with Crippen molar-refractivity contribution in [3.8, 4) is 0 Å². The van der Waals surface area contributed by atoms with E-state index in [2.05, 4.69) is 5.32 Å². The van der Waals surface area contributed by atoms with Crippen molar-refractivity contribution in [2.75, 3.05) is 12.8 Å². The second-order valence-corrected chi connectivity index (χ2v) is 10.5. The fourth-order valence-electron chi connectivity index (χ4n) is 3.36. The molecule has 14 heteroatoms. The van der Waals surface area contributed by atoms with Crippen LogP contribution in [-0.4, -0.2) is 68.6 Å². The van der Waals surface area contributed by atoms with E-state index in [1.54, 1.807) is 13.8 Å². The number of hydrogen-bond donors (Lipinski definition) is 5. The number of nitrogens with one attached hydrogen (secondary N) is 1. The van der Waals surface area contributed by atoms with Crippen molar-refractivity contribution in [1.29, 1.82) is 0 Å². The molecule has 0 heterocycles. The van der Waals surface area contributed by atoms with Crippen molar-refractivity contribution in [3.63, 3.8) is 0 Å². The van der Waals surface area contributed by atoms with Gasteiger partial charge >= 0.3 is 25.5 Å². The third kappa shape index (κ3) is 11.2. The van der Waals surface area contributed by atoms with E-state index in [0.717, 1.165) is 12.1 Å². The van der Waals surface area contributed by atoms with Gasteiger partial charge in [-0.1, -0.05) is 20.3 Å².